The number of nitrogen functional groups attached to an aromatic ring is 1. The molecule has 0 radical (unpaired) electrons. The minimum atomic E-state index is 0.616. The average Bonchev–Trinajstić information content (AvgIpc) is 2.99. The first-order valence-corrected chi connectivity index (χ1v) is 6.42. The van der Waals surface area contributed by atoms with Crippen molar-refractivity contribution in [2.75, 3.05) is 12.3 Å². The van der Waals surface area contributed by atoms with Gasteiger partial charge in [0.25, 0.3) is 0 Å². The van der Waals surface area contributed by atoms with Crippen molar-refractivity contribution in [1.29, 1.82) is 0 Å². The average molecular weight is 234 g/mol. The van der Waals surface area contributed by atoms with Crippen LogP contribution in [-0.2, 0) is 0 Å². The van der Waals surface area contributed by atoms with Crippen molar-refractivity contribution in [1.82, 2.24) is 4.98 Å². The maximum absolute atomic E-state index is 5.71. The van der Waals surface area contributed by atoms with E-state index in [1.54, 1.807) is 0 Å². The monoisotopic (exact) mass is 234 g/mol. The van der Waals surface area contributed by atoms with Crippen LogP contribution in [0.1, 0.15) is 19.3 Å². The molecule has 1 saturated carbocycles. The number of benzene rings is 1. The van der Waals surface area contributed by atoms with Crippen LogP contribution >= 0.6 is 11.3 Å². The number of nitrogens with zero attached hydrogens (tertiary/aromatic N) is 1. The number of aromatic nitrogens is 1. The summed E-state index contributed by atoms with van der Waals surface area (Å²) in [5.74, 6) is 1.85. The zero-order chi connectivity index (χ0) is 11.0. The van der Waals surface area contributed by atoms with Crippen LogP contribution in [0.5, 0.6) is 5.75 Å². The Morgan fingerprint density at radius 1 is 1.44 bits per heavy atom. The molecule has 3 rings (SSSR count). The van der Waals surface area contributed by atoms with Gasteiger partial charge < -0.3 is 10.5 Å². The predicted octanol–water partition coefficient (Wildman–Crippen LogP) is 3.06. The van der Waals surface area contributed by atoms with Gasteiger partial charge in [0.2, 0.25) is 0 Å². The van der Waals surface area contributed by atoms with Crippen LogP contribution in [-0.4, -0.2) is 11.6 Å². The SMILES string of the molecule is Nc1nc2ccc(OCCC3CC3)cc2s1. The van der Waals surface area contributed by atoms with E-state index >= 15 is 0 Å². The van der Waals surface area contributed by atoms with E-state index in [4.69, 9.17) is 10.5 Å². The van der Waals surface area contributed by atoms with Gasteiger partial charge in [0.15, 0.2) is 5.13 Å². The molecule has 16 heavy (non-hydrogen) atoms. The molecule has 1 heterocycles. The molecule has 0 atom stereocenters. The normalized spacial score (nSPS) is 15.5. The minimum absolute atomic E-state index is 0.616. The van der Waals surface area contributed by atoms with Gasteiger partial charge in [-0.2, -0.15) is 0 Å². The summed E-state index contributed by atoms with van der Waals surface area (Å²) in [6, 6.07) is 5.96. The highest BCUT2D eigenvalue weighted by Gasteiger charge is 2.20. The third-order valence-electron chi connectivity index (χ3n) is 2.87. The number of nitrogens with two attached hydrogens (primary N) is 1. The molecule has 1 aliphatic rings. The topological polar surface area (TPSA) is 48.1 Å². The number of hydrogen-bond acceptors (Lipinski definition) is 4. The smallest absolute Gasteiger partial charge is 0.181 e. The first-order chi connectivity index (χ1) is 7.81. The number of rotatable bonds is 4. The highest BCUT2D eigenvalue weighted by atomic mass is 32.1. The summed E-state index contributed by atoms with van der Waals surface area (Å²) in [6.45, 7) is 0.824. The first-order valence-electron chi connectivity index (χ1n) is 5.60. The Morgan fingerprint density at radius 3 is 3.12 bits per heavy atom. The number of hydrogen-bond donors (Lipinski definition) is 1. The van der Waals surface area contributed by atoms with E-state index in [1.807, 2.05) is 18.2 Å². The molecule has 0 amide bonds. The third-order valence-corrected chi connectivity index (χ3v) is 3.72. The minimum Gasteiger partial charge on any atom is -0.494 e. The standard InChI is InChI=1S/C12H14N2OS/c13-12-14-10-4-3-9(7-11(10)16-12)15-6-5-8-1-2-8/h3-4,7-8H,1-2,5-6H2,(H2,13,14). The fraction of sp³-hybridized carbons (Fsp3) is 0.417. The van der Waals surface area contributed by atoms with E-state index in [-0.39, 0.29) is 0 Å². The van der Waals surface area contributed by atoms with Crippen LogP contribution in [0.3, 0.4) is 0 Å². The van der Waals surface area contributed by atoms with Gasteiger partial charge in [-0.3, -0.25) is 0 Å². The summed E-state index contributed by atoms with van der Waals surface area (Å²) < 4.78 is 6.81. The van der Waals surface area contributed by atoms with Crippen molar-refractivity contribution in [3.63, 3.8) is 0 Å². The maximum atomic E-state index is 5.71. The lowest BCUT2D eigenvalue weighted by atomic mass is 10.3. The Labute approximate surface area is 98.2 Å². The van der Waals surface area contributed by atoms with Gasteiger partial charge in [0.05, 0.1) is 16.8 Å². The Bertz CT molecular complexity index is 505. The number of anilines is 1. The molecule has 84 valence electrons. The van der Waals surface area contributed by atoms with Crippen LogP contribution in [0.15, 0.2) is 18.2 Å². The second-order valence-corrected chi connectivity index (χ2v) is 5.32. The second-order valence-electron chi connectivity index (χ2n) is 4.26. The molecule has 0 unspecified atom stereocenters. The summed E-state index contributed by atoms with van der Waals surface area (Å²) in [6.07, 6.45) is 3.95. The fourth-order valence-electron chi connectivity index (χ4n) is 1.76. The molecule has 0 bridgehead atoms. The van der Waals surface area contributed by atoms with Crippen LogP contribution < -0.4 is 10.5 Å². The summed E-state index contributed by atoms with van der Waals surface area (Å²) in [5.41, 5.74) is 6.61. The zero-order valence-electron chi connectivity index (χ0n) is 8.98. The molecule has 3 nitrogen and oxygen atoms in total. The van der Waals surface area contributed by atoms with E-state index in [2.05, 4.69) is 4.98 Å². The molecule has 1 aliphatic carbocycles. The second kappa shape index (κ2) is 3.94. The van der Waals surface area contributed by atoms with Crippen LogP contribution in [0, 0.1) is 5.92 Å². The van der Waals surface area contributed by atoms with Crippen molar-refractivity contribution in [2.45, 2.75) is 19.3 Å². The summed E-state index contributed by atoms with van der Waals surface area (Å²) in [7, 11) is 0. The van der Waals surface area contributed by atoms with E-state index in [0.717, 1.165) is 28.5 Å². The van der Waals surface area contributed by atoms with Crippen LogP contribution in [0.25, 0.3) is 10.2 Å². The third kappa shape index (κ3) is 2.11. The molecular formula is C12H14N2OS. The lowest BCUT2D eigenvalue weighted by molar-refractivity contribution is 0.303. The molecule has 0 spiro atoms. The van der Waals surface area contributed by atoms with Gasteiger partial charge in [-0.15, -0.1) is 0 Å². The van der Waals surface area contributed by atoms with Crippen molar-refractivity contribution in [3.8, 4) is 5.75 Å². The summed E-state index contributed by atoms with van der Waals surface area (Å²) >= 11 is 1.51. The molecule has 2 N–H and O–H groups in total. The van der Waals surface area contributed by atoms with Gasteiger partial charge >= 0.3 is 0 Å². The highest BCUT2D eigenvalue weighted by Crippen LogP contribution is 2.32. The fourth-order valence-corrected chi connectivity index (χ4v) is 2.53. The lowest BCUT2D eigenvalue weighted by Gasteiger charge is -2.04. The van der Waals surface area contributed by atoms with Gasteiger partial charge in [-0.05, 0) is 30.5 Å². The highest BCUT2D eigenvalue weighted by molar-refractivity contribution is 7.22. The van der Waals surface area contributed by atoms with E-state index in [0.29, 0.717) is 5.13 Å². The van der Waals surface area contributed by atoms with E-state index in [1.165, 1.54) is 30.6 Å². The van der Waals surface area contributed by atoms with Crippen LogP contribution in [0.2, 0.25) is 0 Å². The van der Waals surface area contributed by atoms with Crippen LogP contribution in [0.4, 0.5) is 5.13 Å². The largest absolute Gasteiger partial charge is 0.494 e. The molecule has 1 aromatic heterocycles. The summed E-state index contributed by atoms with van der Waals surface area (Å²) in [5, 5.41) is 0.616. The first kappa shape index (κ1) is 9.90. The molecule has 0 aliphatic heterocycles. The molecule has 1 aromatic carbocycles. The Hall–Kier alpha value is -1.29. The number of fused-ring (bicyclic) bond motifs is 1. The number of ether oxygens (including phenoxy) is 1. The lowest BCUT2D eigenvalue weighted by Crippen LogP contribution is -1.97. The Morgan fingerprint density at radius 2 is 2.31 bits per heavy atom. The van der Waals surface area contributed by atoms with Crippen molar-refractivity contribution >= 4 is 26.7 Å². The molecule has 4 heteroatoms. The number of thiazole rings is 1. The summed E-state index contributed by atoms with van der Waals surface area (Å²) in [4.78, 5) is 4.21. The molecule has 0 saturated heterocycles. The van der Waals surface area contributed by atoms with Crippen molar-refractivity contribution in [2.24, 2.45) is 5.92 Å². The van der Waals surface area contributed by atoms with Crippen molar-refractivity contribution < 1.29 is 4.74 Å². The van der Waals surface area contributed by atoms with E-state index < -0.39 is 0 Å². The van der Waals surface area contributed by atoms with Gasteiger partial charge in [-0.25, -0.2) is 4.98 Å². The maximum Gasteiger partial charge on any atom is 0.181 e. The Kier molecular flexibility index (Phi) is 2.44. The molecule has 2 aromatic rings. The van der Waals surface area contributed by atoms with E-state index in [9.17, 15) is 0 Å². The van der Waals surface area contributed by atoms with Gasteiger partial charge in [0, 0.05) is 0 Å². The van der Waals surface area contributed by atoms with Gasteiger partial charge in [-0.1, -0.05) is 24.2 Å². The zero-order valence-corrected chi connectivity index (χ0v) is 9.80. The molecule has 1 fully saturated rings. The van der Waals surface area contributed by atoms with Gasteiger partial charge in [0.1, 0.15) is 5.75 Å². The predicted molar refractivity (Wildman–Crippen MR) is 66.9 cm³/mol. The molecular weight excluding hydrogens is 220 g/mol. The van der Waals surface area contributed by atoms with Crippen molar-refractivity contribution in [3.05, 3.63) is 18.2 Å². The quantitative estimate of drug-likeness (QED) is 0.884. The Balaban J connectivity index is 1.70.